The van der Waals surface area contributed by atoms with Crippen LogP contribution in [-0.2, 0) is 11.2 Å². The molecule has 0 saturated carbocycles. The molecule has 1 heterocycles. The van der Waals surface area contributed by atoms with Crippen LogP contribution >= 0.6 is 35.0 Å². The number of nitrogens with one attached hydrogen (secondary N) is 1. The van der Waals surface area contributed by atoms with Gasteiger partial charge in [-0.05, 0) is 48.0 Å². The highest BCUT2D eigenvalue weighted by Gasteiger charge is 2.17. The second-order valence-electron chi connectivity index (χ2n) is 6.84. The molecule has 0 spiro atoms. The molecule has 0 bridgehead atoms. The summed E-state index contributed by atoms with van der Waals surface area (Å²) in [5.41, 5.74) is 2.33. The Labute approximate surface area is 198 Å². The maximum Gasteiger partial charge on any atom is 0.234 e. The van der Waals surface area contributed by atoms with E-state index >= 15 is 0 Å². The molecule has 9 heteroatoms. The van der Waals surface area contributed by atoms with E-state index in [1.807, 2.05) is 34.9 Å². The maximum absolute atomic E-state index is 13.5. The van der Waals surface area contributed by atoms with Crippen LogP contribution in [-0.4, -0.2) is 26.4 Å². The van der Waals surface area contributed by atoms with E-state index in [-0.39, 0.29) is 17.5 Å². The molecule has 1 aromatic heterocycles. The Morgan fingerprint density at radius 2 is 1.72 bits per heavy atom. The van der Waals surface area contributed by atoms with Crippen molar-refractivity contribution in [2.24, 2.45) is 0 Å². The molecule has 0 fully saturated rings. The van der Waals surface area contributed by atoms with Crippen LogP contribution in [0.4, 0.5) is 10.1 Å². The van der Waals surface area contributed by atoms with Crippen molar-refractivity contribution >= 4 is 46.6 Å². The van der Waals surface area contributed by atoms with Crippen LogP contribution in [0.15, 0.2) is 78.0 Å². The topological polar surface area (TPSA) is 59.8 Å². The van der Waals surface area contributed by atoms with Crippen LogP contribution in [0, 0.1) is 5.82 Å². The molecule has 0 atom stereocenters. The molecule has 5 nitrogen and oxygen atoms in total. The fourth-order valence-electron chi connectivity index (χ4n) is 3.04. The molecule has 1 N–H and O–H groups in total. The fourth-order valence-corrected chi connectivity index (χ4v) is 4.11. The molecule has 0 unspecified atom stereocenters. The van der Waals surface area contributed by atoms with E-state index in [1.54, 1.807) is 30.3 Å². The normalized spacial score (nSPS) is 10.8. The molecule has 0 aliphatic rings. The van der Waals surface area contributed by atoms with E-state index < -0.39 is 0 Å². The van der Waals surface area contributed by atoms with Crippen LogP contribution in [0.3, 0.4) is 0 Å². The van der Waals surface area contributed by atoms with Crippen molar-refractivity contribution in [1.29, 1.82) is 0 Å². The highest BCUT2D eigenvalue weighted by Crippen LogP contribution is 2.26. The van der Waals surface area contributed by atoms with Crippen molar-refractivity contribution in [2.45, 2.75) is 11.6 Å². The molecule has 1 amide bonds. The Morgan fingerprint density at radius 1 is 0.969 bits per heavy atom. The average molecular weight is 487 g/mol. The number of halogens is 3. The van der Waals surface area contributed by atoms with Crippen molar-refractivity contribution in [3.05, 3.63) is 100 Å². The van der Waals surface area contributed by atoms with Crippen LogP contribution < -0.4 is 5.32 Å². The summed E-state index contributed by atoms with van der Waals surface area (Å²) in [4.78, 5) is 12.5. The zero-order valence-corrected chi connectivity index (χ0v) is 19.0. The summed E-state index contributed by atoms with van der Waals surface area (Å²) in [6.45, 7) is 0. The van der Waals surface area contributed by atoms with Gasteiger partial charge in [-0.15, -0.1) is 10.2 Å². The van der Waals surface area contributed by atoms with Gasteiger partial charge in [-0.1, -0.05) is 65.3 Å². The van der Waals surface area contributed by atoms with Gasteiger partial charge in [0, 0.05) is 17.8 Å². The first kappa shape index (κ1) is 22.3. The zero-order valence-electron chi connectivity index (χ0n) is 16.6. The number of hydrogen-bond acceptors (Lipinski definition) is 4. The van der Waals surface area contributed by atoms with Gasteiger partial charge in [0.2, 0.25) is 5.91 Å². The first-order valence-corrected chi connectivity index (χ1v) is 11.4. The van der Waals surface area contributed by atoms with E-state index in [9.17, 15) is 9.18 Å². The number of hydrogen-bond donors (Lipinski definition) is 1. The van der Waals surface area contributed by atoms with Gasteiger partial charge in [0.05, 0.1) is 15.8 Å². The second-order valence-corrected chi connectivity index (χ2v) is 8.60. The fraction of sp³-hybridized carbons (Fsp3) is 0.0870. The van der Waals surface area contributed by atoms with Crippen molar-refractivity contribution in [2.75, 3.05) is 11.1 Å². The molecular weight excluding hydrogens is 470 g/mol. The monoisotopic (exact) mass is 486 g/mol. The summed E-state index contributed by atoms with van der Waals surface area (Å²) in [6, 6.07) is 20.8. The molecule has 0 radical (unpaired) electrons. The van der Waals surface area contributed by atoms with Crippen LogP contribution in [0.5, 0.6) is 0 Å². The minimum atomic E-state index is -0.332. The summed E-state index contributed by atoms with van der Waals surface area (Å²) in [5, 5.41) is 12.7. The van der Waals surface area contributed by atoms with E-state index in [4.69, 9.17) is 23.2 Å². The Balaban J connectivity index is 1.54. The maximum atomic E-state index is 13.5. The van der Waals surface area contributed by atoms with Crippen LogP contribution in [0.1, 0.15) is 11.4 Å². The van der Waals surface area contributed by atoms with Gasteiger partial charge >= 0.3 is 0 Å². The molecule has 32 heavy (non-hydrogen) atoms. The van der Waals surface area contributed by atoms with E-state index in [1.165, 1.54) is 23.9 Å². The highest BCUT2D eigenvalue weighted by atomic mass is 35.5. The number of nitrogens with zero attached hydrogens (tertiary/aromatic N) is 3. The van der Waals surface area contributed by atoms with E-state index in [2.05, 4.69) is 15.5 Å². The largest absolute Gasteiger partial charge is 0.325 e. The lowest BCUT2D eigenvalue weighted by Gasteiger charge is -2.11. The van der Waals surface area contributed by atoms with Gasteiger partial charge in [0.15, 0.2) is 5.16 Å². The predicted molar refractivity (Wildman–Crippen MR) is 126 cm³/mol. The van der Waals surface area contributed by atoms with E-state index in [0.717, 1.165) is 11.3 Å². The second kappa shape index (κ2) is 10.2. The van der Waals surface area contributed by atoms with Crippen molar-refractivity contribution in [1.82, 2.24) is 14.8 Å². The average Bonchev–Trinajstić information content (AvgIpc) is 3.18. The van der Waals surface area contributed by atoms with E-state index in [0.29, 0.717) is 33.1 Å². The SMILES string of the molecule is O=C(CSc1nnc(Cc2ccccc2)n1-c1ccc(F)cc1)Nc1ccc(Cl)c(Cl)c1. The molecule has 0 aliphatic heterocycles. The van der Waals surface area contributed by atoms with Gasteiger partial charge in [-0.2, -0.15) is 0 Å². The molecule has 3 aromatic carbocycles. The third-order valence-corrected chi connectivity index (χ3v) is 6.19. The molecule has 4 aromatic rings. The first-order valence-electron chi connectivity index (χ1n) is 9.61. The van der Waals surface area contributed by atoms with Gasteiger partial charge < -0.3 is 5.32 Å². The number of carbonyl (C=O) groups excluding carboxylic acids is 1. The first-order chi connectivity index (χ1) is 15.5. The standard InChI is InChI=1S/C23H17Cl2FN4OS/c24-19-11-8-17(13-20(19)25)27-22(31)14-32-23-29-28-21(12-15-4-2-1-3-5-15)30(23)18-9-6-16(26)7-10-18/h1-11,13H,12,14H2,(H,27,31). The lowest BCUT2D eigenvalue weighted by molar-refractivity contribution is -0.113. The molecule has 162 valence electrons. The minimum Gasteiger partial charge on any atom is -0.325 e. The van der Waals surface area contributed by atoms with Gasteiger partial charge in [-0.3, -0.25) is 9.36 Å². The third-order valence-electron chi connectivity index (χ3n) is 4.53. The van der Waals surface area contributed by atoms with Crippen molar-refractivity contribution in [3.8, 4) is 5.69 Å². The van der Waals surface area contributed by atoms with Gasteiger partial charge in [0.25, 0.3) is 0 Å². The van der Waals surface area contributed by atoms with Gasteiger partial charge in [0.1, 0.15) is 11.6 Å². The van der Waals surface area contributed by atoms with Crippen molar-refractivity contribution < 1.29 is 9.18 Å². The quantitative estimate of drug-likeness (QED) is 0.323. The minimum absolute atomic E-state index is 0.102. The summed E-state index contributed by atoms with van der Waals surface area (Å²) in [6.07, 6.45) is 0.543. The Hall–Kier alpha value is -2.87. The number of carbonyl (C=O) groups is 1. The molecule has 0 aliphatic carbocycles. The number of aromatic nitrogens is 3. The highest BCUT2D eigenvalue weighted by molar-refractivity contribution is 7.99. The Bertz CT molecular complexity index is 1230. The van der Waals surface area contributed by atoms with Gasteiger partial charge in [-0.25, -0.2) is 4.39 Å². The number of rotatable bonds is 7. The molecular formula is C23H17Cl2FN4OS. The lowest BCUT2D eigenvalue weighted by atomic mass is 10.1. The number of amides is 1. The van der Waals surface area contributed by atoms with Crippen molar-refractivity contribution in [3.63, 3.8) is 0 Å². The molecule has 4 rings (SSSR count). The third kappa shape index (κ3) is 5.48. The zero-order chi connectivity index (χ0) is 22.5. The lowest BCUT2D eigenvalue weighted by Crippen LogP contribution is -2.14. The summed E-state index contributed by atoms with van der Waals surface area (Å²) >= 11 is 13.2. The summed E-state index contributed by atoms with van der Waals surface area (Å²) in [5.74, 6) is 0.230. The summed E-state index contributed by atoms with van der Waals surface area (Å²) < 4.78 is 15.3. The number of thioether (sulfide) groups is 1. The Kier molecular flexibility index (Phi) is 7.09. The predicted octanol–water partition coefficient (Wildman–Crippen LogP) is 6.03. The van der Waals surface area contributed by atoms with Crippen LogP contribution in [0.2, 0.25) is 10.0 Å². The number of anilines is 1. The number of benzene rings is 3. The Morgan fingerprint density at radius 3 is 2.44 bits per heavy atom. The smallest absolute Gasteiger partial charge is 0.234 e. The summed E-state index contributed by atoms with van der Waals surface area (Å²) in [7, 11) is 0. The molecule has 0 saturated heterocycles. The van der Waals surface area contributed by atoms with Crippen LogP contribution in [0.25, 0.3) is 5.69 Å².